The summed E-state index contributed by atoms with van der Waals surface area (Å²) in [6.45, 7) is 3.87. The van der Waals surface area contributed by atoms with Crippen molar-refractivity contribution < 1.29 is 14.3 Å². The summed E-state index contributed by atoms with van der Waals surface area (Å²) in [5.74, 6) is 0.880. The summed E-state index contributed by atoms with van der Waals surface area (Å²) in [5, 5.41) is 4.37. The van der Waals surface area contributed by atoms with Crippen molar-refractivity contribution in [1.82, 2.24) is 20.0 Å². The number of halogens is 2. The second-order valence-electron chi connectivity index (χ2n) is 9.15. The number of urea groups is 1. The normalized spacial score (nSPS) is 27.1. The molecular weight excluding hydrogens is 477 g/mol. The number of nitrogens with one attached hydrogen (secondary N) is 1. The molecule has 3 heterocycles. The summed E-state index contributed by atoms with van der Waals surface area (Å²) < 4.78 is 5.42. The van der Waals surface area contributed by atoms with Gasteiger partial charge in [-0.25, -0.2) is 4.79 Å². The van der Waals surface area contributed by atoms with Gasteiger partial charge in [0.1, 0.15) is 24.2 Å². The zero-order valence-corrected chi connectivity index (χ0v) is 20.8. The molecule has 4 atom stereocenters. The van der Waals surface area contributed by atoms with Crippen molar-refractivity contribution in [2.24, 2.45) is 5.92 Å². The van der Waals surface area contributed by atoms with E-state index in [-0.39, 0.29) is 24.8 Å². The van der Waals surface area contributed by atoms with E-state index in [4.69, 9.17) is 27.9 Å². The van der Waals surface area contributed by atoms with Crippen LogP contribution in [-0.4, -0.2) is 72.4 Å². The Morgan fingerprint density at radius 2 is 1.88 bits per heavy atom. The molecule has 5 rings (SSSR count). The minimum absolute atomic E-state index is 0.135. The molecule has 0 radical (unpaired) electrons. The standard InChI is InChI=1S/C24H27Cl2N5O3/c1-14-11-29(16-5-4-6-17(10-16)34-3)23-27-21-20(30(23)12-14)22(32)31(24(33)28(21)2)13-15-7-8-18(25)19(26)9-15/h4-10,14,20-21,23,27H,11-13H2,1-3H3. The topological polar surface area (TPSA) is 68.4 Å². The second-order valence-corrected chi connectivity index (χ2v) is 9.97. The first-order chi connectivity index (χ1) is 16.3. The van der Waals surface area contributed by atoms with Gasteiger partial charge in [0, 0.05) is 31.9 Å². The number of benzene rings is 2. The molecule has 3 aliphatic rings. The summed E-state index contributed by atoms with van der Waals surface area (Å²) in [4.78, 5) is 34.3. The van der Waals surface area contributed by atoms with E-state index < -0.39 is 12.2 Å². The molecule has 10 heteroatoms. The highest BCUT2D eigenvalue weighted by Crippen LogP contribution is 2.36. The van der Waals surface area contributed by atoms with Crippen molar-refractivity contribution in [3.05, 3.63) is 58.1 Å². The number of hydrogen-bond donors (Lipinski definition) is 1. The molecule has 0 aromatic heterocycles. The van der Waals surface area contributed by atoms with Crippen LogP contribution in [0, 0.1) is 5.92 Å². The van der Waals surface area contributed by atoms with Gasteiger partial charge in [0.25, 0.3) is 5.91 Å². The van der Waals surface area contributed by atoms with Crippen molar-refractivity contribution in [2.75, 3.05) is 32.1 Å². The number of nitrogens with zero attached hydrogens (tertiary/aromatic N) is 4. The molecule has 0 spiro atoms. The largest absolute Gasteiger partial charge is 0.497 e. The molecule has 0 aliphatic carbocycles. The van der Waals surface area contributed by atoms with Gasteiger partial charge in [-0.1, -0.05) is 42.3 Å². The van der Waals surface area contributed by atoms with Gasteiger partial charge in [0.05, 0.1) is 23.7 Å². The van der Waals surface area contributed by atoms with Crippen LogP contribution in [0.3, 0.4) is 0 Å². The Labute approximate surface area is 208 Å². The Bertz CT molecular complexity index is 1130. The third kappa shape index (κ3) is 3.88. The number of rotatable bonds is 4. The van der Waals surface area contributed by atoms with E-state index in [0.717, 1.165) is 30.1 Å². The Balaban J connectivity index is 1.45. The Kier molecular flexibility index (Phi) is 6.10. The molecule has 0 bridgehead atoms. The highest BCUT2D eigenvalue weighted by Gasteiger charge is 2.56. The van der Waals surface area contributed by atoms with Crippen LogP contribution in [0.15, 0.2) is 42.5 Å². The smallest absolute Gasteiger partial charge is 0.328 e. The summed E-state index contributed by atoms with van der Waals surface area (Å²) in [5.41, 5.74) is 1.75. The third-order valence-corrected chi connectivity index (χ3v) is 7.53. The number of carbonyl (C=O) groups excluding carboxylic acids is 2. The fourth-order valence-electron chi connectivity index (χ4n) is 5.17. The van der Waals surface area contributed by atoms with Gasteiger partial charge >= 0.3 is 6.03 Å². The van der Waals surface area contributed by atoms with E-state index in [1.807, 2.05) is 24.3 Å². The number of methoxy groups -OCH3 is 1. The number of hydrogen-bond acceptors (Lipinski definition) is 6. The van der Waals surface area contributed by atoms with E-state index >= 15 is 0 Å². The van der Waals surface area contributed by atoms with Gasteiger partial charge in [-0.15, -0.1) is 0 Å². The average molecular weight is 504 g/mol. The fourth-order valence-corrected chi connectivity index (χ4v) is 5.50. The SMILES string of the molecule is COc1cccc(N2CC(C)CN3C4C(=O)N(Cc5ccc(Cl)c(Cl)c5)C(=O)N(C)C4NC23)c1. The van der Waals surface area contributed by atoms with Gasteiger partial charge < -0.3 is 14.5 Å². The molecule has 2 aromatic carbocycles. The van der Waals surface area contributed by atoms with E-state index in [1.165, 1.54) is 4.90 Å². The number of carbonyl (C=O) groups is 2. The number of anilines is 1. The van der Waals surface area contributed by atoms with Gasteiger partial charge in [-0.3, -0.25) is 19.9 Å². The van der Waals surface area contributed by atoms with Crippen molar-refractivity contribution in [3.63, 3.8) is 0 Å². The van der Waals surface area contributed by atoms with Gasteiger partial charge in [-0.2, -0.15) is 0 Å². The second kappa shape index (κ2) is 8.92. The molecule has 3 fully saturated rings. The van der Waals surface area contributed by atoms with Crippen molar-refractivity contribution in [3.8, 4) is 5.75 Å². The monoisotopic (exact) mass is 503 g/mol. The van der Waals surface area contributed by atoms with Crippen LogP contribution >= 0.6 is 23.2 Å². The van der Waals surface area contributed by atoms with Crippen molar-refractivity contribution in [1.29, 1.82) is 0 Å². The first kappa shape index (κ1) is 23.2. The summed E-state index contributed by atoms with van der Waals surface area (Å²) in [6.07, 6.45) is -0.643. The van der Waals surface area contributed by atoms with Crippen LogP contribution in [0.25, 0.3) is 0 Å². The molecule has 180 valence electrons. The Morgan fingerprint density at radius 3 is 2.62 bits per heavy atom. The van der Waals surface area contributed by atoms with Gasteiger partial charge in [0.15, 0.2) is 0 Å². The quantitative estimate of drug-likeness (QED) is 0.689. The van der Waals surface area contributed by atoms with Crippen molar-refractivity contribution in [2.45, 2.75) is 32.0 Å². The molecule has 4 unspecified atom stereocenters. The lowest BCUT2D eigenvalue weighted by molar-refractivity contribution is -0.139. The zero-order valence-electron chi connectivity index (χ0n) is 19.2. The predicted octanol–water partition coefficient (Wildman–Crippen LogP) is 3.44. The molecule has 0 saturated carbocycles. The number of amides is 3. The molecule has 3 saturated heterocycles. The summed E-state index contributed by atoms with van der Waals surface area (Å²) in [6, 6.07) is 12.2. The molecule has 1 N–H and O–H groups in total. The first-order valence-corrected chi connectivity index (χ1v) is 12.0. The van der Waals surface area contributed by atoms with Crippen LogP contribution < -0.4 is 15.0 Å². The first-order valence-electron chi connectivity index (χ1n) is 11.2. The maximum atomic E-state index is 13.7. The van der Waals surface area contributed by atoms with Crippen LogP contribution in [0.4, 0.5) is 10.5 Å². The van der Waals surface area contributed by atoms with Crippen LogP contribution in [-0.2, 0) is 11.3 Å². The molecule has 34 heavy (non-hydrogen) atoms. The minimum atomic E-state index is -0.494. The lowest BCUT2D eigenvalue weighted by atomic mass is 10.0. The highest BCUT2D eigenvalue weighted by molar-refractivity contribution is 6.42. The number of likely N-dealkylation sites (N-methyl/N-ethyl adjacent to an activating group) is 1. The molecule has 3 aliphatic heterocycles. The average Bonchev–Trinajstić information content (AvgIpc) is 3.21. The number of ether oxygens (including phenoxy) is 1. The number of fused-ring (bicyclic) bond motifs is 3. The molecular formula is C24H27Cl2N5O3. The van der Waals surface area contributed by atoms with Crippen LogP contribution in [0.5, 0.6) is 5.75 Å². The third-order valence-electron chi connectivity index (χ3n) is 6.80. The molecule has 8 nitrogen and oxygen atoms in total. The maximum Gasteiger partial charge on any atom is 0.328 e. The predicted molar refractivity (Wildman–Crippen MR) is 131 cm³/mol. The van der Waals surface area contributed by atoms with E-state index in [9.17, 15) is 9.59 Å². The molecule has 2 aromatic rings. The highest BCUT2D eigenvalue weighted by atomic mass is 35.5. The van der Waals surface area contributed by atoms with Crippen LogP contribution in [0.2, 0.25) is 10.0 Å². The maximum absolute atomic E-state index is 13.7. The van der Waals surface area contributed by atoms with E-state index in [2.05, 4.69) is 22.0 Å². The fraction of sp³-hybridized carbons (Fsp3) is 0.417. The summed E-state index contributed by atoms with van der Waals surface area (Å²) in [7, 11) is 3.38. The number of imide groups is 1. The minimum Gasteiger partial charge on any atom is -0.497 e. The Morgan fingerprint density at radius 1 is 1.09 bits per heavy atom. The zero-order chi connectivity index (χ0) is 24.1. The lowest BCUT2D eigenvalue weighted by Gasteiger charge is -2.46. The van der Waals surface area contributed by atoms with Crippen molar-refractivity contribution >= 4 is 40.8 Å². The van der Waals surface area contributed by atoms with E-state index in [0.29, 0.717) is 16.0 Å². The lowest BCUT2D eigenvalue weighted by Crippen LogP contribution is -2.66. The molecule has 3 amide bonds. The van der Waals surface area contributed by atoms with Gasteiger partial charge in [0.2, 0.25) is 0 Å². The van der Waals surface area contributed by atoms with Crippen LogP contribution in [0.1, 0.15) is 12.5 Å². The van der Waals surface area contributed by atoms with E-state index in [1.54, 1.807) is 37.3 Å². The van der Waals surface area contributed by atoms with Gasteiger partial charge in [-0.05, 0) is 35.7 Å². The Hall–Kier alpha value is -2.52. The summed E-state index contributed by atoms with van der Waals surface area (Å²) >= 11 is 12.2.